The van der Waals surface area contributed by atoms with E-state index >= 15 is 0 Å². The second kappa shape index (κ2) is 36.1. The lowest BCUT2D eigenvalue weighted by Gasteiger charge is -2.06. The normalized spacial score (nSPS) is 11.3. The van der Waals surface area contributed by atoms with E-state index in [1.165, 1.54) is 180 Å². The number of carboxylic acids is 1. The summed E-state index contributed by atoms with van der Waals surface area (Å²) >= 11 is 0. The van der Waals surface area contributed by atoms with Gasteiger partial charge in [0.2, 0.25) is 0 Å². The number of carbonyl (C=O) groups excluding carboxylic acids is 1. The third-order valence-corrected chi connectivity index (χ3v) is 8.78. The topological polar surface area (TPSA) is 63.6 Å². The van der Waals surface area contributed by atoms with Crippen molar-refractivity contribution in [2.45, 2.75) is 225 Å². The van der Waals surface area contributed by atoms with E-state index in [0.717, 1.165) is 25.7 Å². The number of unbranched alkanes of at least 4 members (excludes halogenated alkanes) is 30. The summed E-state index contributed by atoms with van der Waals surface area (Å²) in [5.74, 6) is -0.642. The highest BCUT2D eigenvalue weighted by Crippen LogP contribution is 2.16. The monoisotopic (exact) mass is 595 g/mol. The highest BCUT2D eigenvalue weighted by molar-refractivity contribution is 5.69. The maximum absolute atomic E-state index is 11.9. The number of carbonyl (C=O) groups is 2. The molecule has 0 amide bonds. The van der Waals surface area contributed by atoms with Gasteiger partial charge in [-0.3, -0.25) is 9.59 Å². The van der Waals surface area contributed by atoms with E-state index in [0.29, 0.717) is 19.4 Å². The molecule has 1 N–H and O–H groups in total. The number of carboxylic acid groups (broad SMARTS) is 1. The molecule has 42 heavy (non-hydrogen) atoms. The van der Waals surface area contributed by atoms with E-state index in [-0.39, 0.29) is 5.97 Å². The number of rotatable bonds is 36. The lowest BCUT2D eigenvalue weighted by molar-refractivity contribution is -0.144. The summed E-state index contributed by atoms with van der Waals surface area (Å²) in [5, 5.41) is 8.63. The quantitative estimate of drug-likeness (QED) is 0.0579. The molecule has 0 saturated heterocycles. The summed E-state index contributed by atoms with van der Waals surface area (Å²) < 4.78 is 5.42. The van der Waals surface area contributed by atoms with Gasteiger partial charge < -0.3 is 9.84 Å². The molecule has 0 fully saturated rings. The Kier molecular flexibility index (Phi) is 35.2. The molecular formula is C38H74O4. The largest absolute Gasteiger partial charge is 0.481 e. The highest BCUT2D eigenvalue weighted by Gasteiger charge is 2.03. The summed E-state index contributed by atoms with van der Waals surface area (Å²) in [6.45, 7) is 2.88. The second-order valence-electron chi connectivity index (χ2n) is 13.1. The van der Waals surface area contributed by atoms with Gasteiger partial charge in [-0.1, -0.05) is 193 Å². The molecule has 4 heteroatoms. The Labute approximate surface area is 262 Å². The summed E-state index contributed by atoms with van der Waals surface area (Å²) in [6.07, 6.45) is 42.7. The average Bonchev–Trinajstić information content (AvgIpc) is 2.98. The van der Waals surface area contributed by atoms with Crippen molar-refractivity contribution in [2.24, 2.45) is 0 Å². The van der Waals surface area contributed by atoms with E-state index in [9.17, 15) is 9.59 Å². The Morgan fingerprint density at radius 3 is 0.952 bits per heavy atom. The third-order valence-electron chi connectivity index (χ3n) is 8.78. The molecule has 0 saturated carbocycles. The van der Waals surface area contributed by atoms with Gasteiger partial charge in [0.25, 0.3) is 0 Å². The Morgan fingerprint density at radius 1 is 0.381 bits per heavy atom. The van der Waals surface area contributed by atoms with Crippen molar-refractivity contribution in [2.75, 3.05) is 6.61 Å². The molecular weight excluding hydrogens is 520 g/mol. The lowest BCUT2D eigenvalue weighted by Crippen LogP contribution is -2.05. The van der Waals surface area contributed by atoms with Crippen molar-refractivity contribution >= 4 is 11.9 Å². The van der Waals surface area contributed by atoms with Crippen LogP contribution in [0.15, 0.2) is 0 Å². The number of hydrogen-bond acceptors (Lipinski definition) is 3. The Morgan fingerprint density at radius 2 is 0.643 bits per heavy atom. The zero-order valence-corrected chi connectivity index (χ0v) is 28.4. The fourth-order valence-electron chi connectivity index (χ4n) is 5.93. The first kappa shape index (κ1) is 40.9. The van der Waals surface area contributed by atoms with Gasteiger partial charge >= 0.3 is 11.9 Å². The molecule has 0 rings (SSSR count). The number of esters is 1. The highest BCUT2D eigenvalue weighted by atomic mass is 16.5. The molecule has 0 radical (unpaired) electrons. The molecule has 0 aliphatic heterocycles. The van der Waals surface area contributed by atoms with E-state index in [1.807, 2.05) is 0 Å². The van der Waals surface area contributed by atoms with Crippen LogP contribution in [-0.4, -0.2) is 23.7 Å². The molecule has 0 aromatic carbocycles. The van der Waals surface area contributed by atoms with Crippen LogP contribution in [0, 0.1) is 0 Å². The Balaban J connectivity index is 3.12. The van der Waals surface area contributed by atoms with E-state index in [2.05, 4.69) is 6.92 Å². The van der Waals surface area contributed by atoms with E-state index in [4.69, 9.17) is 9.84 Å². The van der Waals surface area contributed by atoms with Crippen molar-refractivity contribution in [1.29, 1.82) is 0 Å². The van der Waals surface area contributed by atoms with Crippen molar-refractivity contribution < 1.29 is 19.4 Å². The van der Waals surface area contributed by atoms with Crippen LogP contribution in [0.5, 0.6) is 0 Å². The Hall–Kier alpha value is -1.06. The summed E-state index contributed by atoms with van der Waals surface area (Å²) in [4.78, 5) is 22.3. The fraction of sp³-hybridized carbons (Fsp3) is 0.947. The zero-order valence-electron chi connectivity index (χ0n) is 28.4. The van der Waals surface area contributed by atoms with Gasteiger partial charge in [-0.15, -0.1) is 0 Å². The summed E-state index contributed by atoms with van der Waals surface area (Å²) in [7, 11) is 0. The first-order valence-corrected chi connectivity index (χ1v) is 19.0. The predicted molar refractivity (Wildman–Crippen MR) is 181 cm³/mol. The Bertz CT molecular complexity index is 547. The van der Waals surface area contributed by atoms with Gasteiger partial charge in [-0.2, -0.15) is 0 Å². The maximum atomic E-state index is 11.9. The van der Waals surface area contributed by atoms with Crippen molar-refractivity contribution in [3.63, 3.8) is 0 Å². The molecule has 0 unspecified atom stereocenters. The van der Waals surface area contributed by atoms with Crippen LogP contribution in [0.1, 0.15) is 225 Å². The first-order chi connectivity index (χ1) is 20.7. The van der Waals surface area contributed by atoms with Crippen LogP contribution in [0.3, 0.4) is 0 Å². The SMILES string of the molecule is CCCCCCCCCCCC(=O)OCCCCCCCCCCCCCCCCCCCCCCCCCC(=O)O. The third kappa shape index (κ3) is 37.0. The van der Waals surface area contributed by atoms with Crippen LogP contribution < -0.4 is 0 Å². The van der Waals surface area contributed by atoms with E-state index < -0.39 is 5.97 Å². The zero-order chi connectivity index (χ0) is 30.6. The molecule has 0 bridgehead atoms. The molecule has 250 valence electrons. The van der Waals surface area contributed by atoms with E-state index in [1.54, 1.807) is 0 Å². The molecule has 0 spiro atoms. The minimum Gasteiger partial charge on any atom is -0.481 e. The summed E-state index contributed by atoms with van der Waals surface area (Å²) in [5.41, 5.74) is 0. The molecule has 0 aromatic rings. The number of aliphatic carboxylic acids is 1. The number of hydrogen-bond donors (Lipinski definition) is 1. The van der Waals surface area contributed by atoms with Crippen molar-refractivity contribution in [3.05, 3.63) is 0 Å². The first-order valence-electron chi connectivity index (χ1n) is 19.0. The minimum atomic E-state index is -0.656. The fourth-order valence-corrected chi connectivity index (χ4v) is 5.93. The molecule has 0 atom stereocenters. The molecule has 0 heterocycles. The molecule has 0 aliphatic rings. The van der Waals surface area contributed by atoms with Gasteiger partial charge in [0.1, 0.15) is 0 Å². The van der Waals surface area contributed by atoms with Gasteiger partial charge in [0, 0.05) is 12.8 Å². The van der Waals surface area contributed by atoms with Gasteiger partial charge in [0.05, 0.1) is 6.61 Å². The lowest BCUT2D eigenvalue weighted by atomic mass is 10.0. The predicted octanol–water partition coefficient (Wildman–Crippen LogP) is 12.9. The molecule has 0 aromatic heterocycles. The molecule has 0 aliphatic carbocycles. The van der Waals surface area contributed by atoms with Gasteiger partial charge in [-0.05, 0) is 19.3 Å². The van der Waals surface area contributed by atoms with Crippen LogP contribution >= 0.6 is 0 Å². The summed E-state index contributed by atoms with van der Waals surface area (Å²) in [6, 6.07) is 0. The number of ether oxygens (including phenoxy) is 1. The molecule has 4 nitrogen and oxygen atoms in total. The smallest absolute Gasteiger partial charge is 0.305 e. The second-order valence-corrected chi connectivity index (χ2v) is 13.1. The van der Waals surface area contributed by atoms with Crippen molar-refractivity contribution in [1.82, 2.24) is 0 Å². The van der Waals surface area contributed by atoms with Gasteiger partial charge in [0.15, 0.2) is 0 Å². The average molecular weight is 595 g/mol. The van der Waals surface area contributed by atoms with Crippen LogP contribution in [0.25, 0.3) is 0 Å². The van der Waals surface area contributed by atoms with Crippen LogP contribution in [0.2, 0.25) is 0 Å². The minimum absolute atomic E-state index is 0.0140. The maximum Gasteiger partial charge on any atom is 0.305 e. The van der Waals surface area contributed by atoms with Gasteiger partial charge in [-0.25, -0.2) is 0 Å². The van der Waals surface area contributed by atoms with Crippen LogP contribution in [-0.2, 0) is 14.3 Å². The van der Waals surface area contributed by atoms with Crippen molar-refractivity contribution in [3.8, 4) is 0 Å². The van der Waals surface area contributed by atoms with Crippen LogP contribution in [0.4, 0.5) is 0 Å². The standard InChI is InChI=1S/C38H74O4/c1-2-3-4-5-6-22-26-29-32-35-38(41)42-36-33-30-27-24-21-19-17-15-13-11-9-7-8-10-12-14-16-18-20-23-25-28-31-34-37(39)40/h2-36H2,1H3,(H,39,40).